The highest BCUT2D eigenvalue weighted by Crippen LogP contribution is 2.31. The maximum atomic E-state index is 12.3. The van der Waals surface area contributed by atoms with Crippen molar-refractivity contribution in [3.8, 4) is 0 Å². The first-order valence-corrected chi connectivity index (χ1v) is 8.46. The molecule has 0 bridgehead atoms. The van der Waals surface area contributed by atoms with Crippen LogP contribution in [-0.2, 0) is 0 Å². The molecule has 100 valence electrons. The van der Waals surface area contributed by atoms with E-state index in [-0.39, 0.29) is 11.4 Å². The second kappa shape index (κ2) is 5.74. The molecule has 0 atom stereocenters. The number of nitrogens with one attached hydrogen (secondary N) is 1. The molecule has 0 spiro atoms. The van der Waals surface area contributed by atoms with E-state index in [0.29, 0.717) is 0 Å². The van der Waals surface area contributed by atoms with Crippen molar-refractivity contribution in [2.45, 2.75) is 51.5 Å². The van der Waals surface area contributed by atoms with Crippen LogP contribution in [0.1, 0.15) is 52.2 Å². The van der Waals surface area contributed by atoms with Gasteiger partial charge in [0.1, 0.15) is 0 Å². The second-order valence-electron chi connectivity index (χ2n) is 5.28. The smallest absolute Gasteiger partial charge is 0.261 e. The van der Waals surface area contributed by atoms with E-state index in [0.717, 1.165) is 23.0 Å². The summed E-state index contributed by atoms with van der Waals surface area (Å²) in [6.07, 6.45) is 5.91. The monoisotopic (exact) mass is 329 g/mol. The van der Waals surface area contributed by atoms with Gasteiger partial charge in [0.05, 0.1) is 10.4 Å². The van der Waals surface area contributed by atoms with Crippen LogP contribution in [0.5, 0.6) is 0 Å². The number of alkyl halides is 1. The Morgan fingerprint density at radius 2 is 2.06 bits per heavy atom. The Hall–Kier alpha value is -0.350. The standard InChI is InChI=1S/C14H20BrNOS/c1-10-8-12(18-11(10)2)13(17)16-14(9-15)6-4-3-5-7-14/h8H,3-7,9H2,1-2H3,(H,16,17). The van der Waals surface area contributed by atoms with Crippen LogP contribution in [0.3, 0.4) is 0 Å². The number of hydrogen-bond donors (Lipinski definition) is 1. The third-order valence-corrected chi connectivity index (χ3v) is 6.06. The first-order valence-electron chi connectivity index (χ1n) is 6.52. The molecule has 18 heavy (non-hydrogen) atoms. The van der Waals surface area contributed by atoms with Crippen LogP contribution >= 0.6 is 27.3 Å². The summed E-state index contributed by atoms with van der Waals surface area (Å²) in [5.74, 6) is 0.0950. The predicted molar refractivity (Wildman–Crippen MR) is 80.9 cm³/mol. The Balaban J connectivity index is 2.09. The number of carbonyl (C=O) groups is 1. The highest BCUT2D eigenvalue weighted by molar-refractivity contribution is 9.09. The van der Waals surface area contributed by atoms with Crippen molar-refractivity contribution >= 4 is 33.2 Å². The van der Waals surface area contributed by atoms with E-state index in [2.05, 4.69) is 35.1 Å². The van der Waals surface area contributed by atoms with Crippen molar-refractivity contribution in [1.29, 1.82) is 0 Å². The van der Waals surface area contributed by atoms with Crippen LogP contribution < -0.4 is 5.32 Å². The molecule has 2 nitrogen and oxygen atoms in total. The number of amides is 1. The molecule has 4 heteroatoms. The number of halogens is 1. The van der Waals surface area contributed by atoms with Crippen LogP contribution in [-0.4, -0.2) is 16.8 Å². The number of carbonyl (C=O) groups excluding carboxylic acids is 1. The summed E-state index contributed by atoms with van der Waals surface area (Å²) in [7, 11) is 0. The van der Waals surface area contributed by atoms with Crippen LogP contribution in [0.15, 0.2) is 6.07 Å². The lowest BCUT2D eigenvalue weighted by atomic mass is 9.83. The first-order chi connectivity index (χ1) is 8.56. The van der Waals surface area contributed by atoms with Crippen LogP contribution in [0.25, 0.3) is 0 Å². The molecule has 1 aliphatic carbocycles. The largest absolute Gasteiger partial charge is 0.345 e. The van der Waals surface area contributed by atoms with Crippen LogP contribution in [0.2, 0.25) is 0 Å². The van der Waals surface area contributed by atoms with E-state index in [1.165, 1.54) is 29.7 Å². The van der Waals surface area contributed by atoms with Crippen LogP contribution in [0.4, 0.5) is 0 Å². The van der Waals surface area contributed by atoms with Gasteiger partial charge in [0.2, 0.25) is 0 Å². The average molecular weight is 330 g/mol. The van der Waals surface area contributed by atoms with Crippen molar-refractivity contribution in [1.82, 2.24) is 5.32 Å². The molecule has 1 N–H and O–H groups in total. The van der Waals surface area contributed by atoms with Crippen molar-refractivity contribution in [2.24, 2.45) is 0 Å². The highest BCUT2D eigenvalue weighted by atomic mass is 79.9. The van der Waals surface area contributed by atoms with Gasteiger partial charge >= 0.3 is 0 Å². The molecule has 1 aromatic rings. The van der Waals surface area contributed by atoms with E-state index in [1.807, 2.05) is 6.07 Å². The minimum Gasteiger partial charge on any atom is -0.345 e. The Morgan fingerprint density at radius 3 is 2.56 bits per heavy atom. The molecule has 0 aliphatic heterocycles. The molecule has 1 amide bonds. The van der Waals surface area contributed by atoms with Gasteiger partial charge in [-0.15, -0.1) is 11.3 Å². The van der Waals surface area contributed by atoms with Gasteiger partial charge in [-0.3, -0.25) is 4.79 Å². The van der Waals surface area contributed by atoms with Crippen molar-refractivity contribution in [3.05, 3.63) is 21.4 Å². The minimum absolute atomic E-state index is 0.0267. The molecule has 1 fully saturated rings. The van der Waals surface area contributed by atoms with Gasteiger partial charge in [0, 0.05) is 10.2 Å². The SMILES string of the molecule is Cc1cc(C(=O)NC2(CBr)CCCCC2)sc1C. The number of thiophene rings is 1. The molecule has 0 unspecified atom stereocenters. The first kappa shape index (κ1) is 14.1. The van der Waals surface area contributed by atoms with E-state index >= 15 is 0 Å². The van der Waals surface area contributed by atoms with E-state index in [4.69, 9.17) is 0 Å². The lowest BCUT2D eigenvalue weighted by Gasteiger charge is -2.36. The third-order valence-electron chi connectivity index (χ3n) is 3.83. The molecular formula is C14H20BrNOS. The fraction of sp³-hybridized carbons (Fsp3) is 0.643. The maximum absolute atomic E-state index is 12.3. The summed E-state index contributed by atoms with van der Waals surface area (Å²) in [4.78, 5) is 14.4. The maximum Gasteiger partial charge on any atom is 0.261 e. The van der Waals surface area contributed by atoms with E-state index < -0.39 is 0 Å². The molecular weight excluding hydrogens is 310 g/mol. The molecule has 1 aliphatic rings. The quantitative estimate of drug-likeness (QED) is 0.827. The predicted octanol–water partition coefficient (Wildman–Crippen LogP) is 4.19. The highest BCUT2D eigenvalue weighted by Gasteiger charge is 2.33. The Morgan fingerprint density at radius 1 is 1.39 bits per heavy atom. The van der Waals surface area contributed by atoms with Gasteiger partial charge in [-0.05, 0) is 38.3 Å². The molecule has 1 aromatic heterocycles. The van der Waals surface area contributed by atoms with Gasteiger partial charge in [-0.25, -0.2) is 0 Å². The zero-order valence-electron chi connectivity index (χ0n) is 11.0. The Labute approximate surface area is 121 Å². The molecule has 0 radical (unpaired) electrons. The summed E-state index contributed by atoms with van der Waals surface area (Å²) in [6, 6.07) is 2.00. The molecule has 0 aromatic carbocycles. The van der Waals surface area contributed by atoms with E-state index in [1.54, 1.807) is 11.3 Å². The minimum atomic E-state index is -0.0267. The van der Waals surface area contributed by atoms with Gasteiger partial charge in [0.15, 0.2) is 0 Å². The third kappa shape index (κ3) is 2.97. The van der Waals surface area contributed by atoms with Gasteiger partial charge in [-0.1, -0.05) is 35.2 Å². The van der Waals surface area contributed by atoms with Gasteiger partial charge < -0.3 is 5.32 Å². The topological polar surface area (TPSA) is 29.1 Å². The molecule has 1 heterocycles. The van der Waals surface area contributed by atoms with Crippen LogP contribution in [0, 0.1) is 13.8 Å². The van der Waals surface area contributed by atoms with E-state index in [9.17, 15) is 4.79 Å². The van der Waals surface area contributed by atoms with Crippen molar-refractivity contribution in [2.75, 3.05) is 5.33 Å². The molecule has 2 rings (SSSR count). The Kier molecular flexibility index (Phi) is 4.49. The Bertz CT molecular complexity index is 416. The average Bonchev–Trinajstić information content (AvgIpc) is 2.71. The zero-order valence-corrected chi connectivity index (χ0v) is 13.4. The van der Waals surface area contributed by atoms with Crippen molar-refractivity contribution in [3.63, 3.8) is 0 Å². The molecule has 0 saturated heterocycles. The zero-order chi connectivity index (χ0) is 13.2. The fourth-order valence-corrected chi connectivity index (χ4v) is 4.14. The normalized spacial score (nSPS) is 18.6. The van der Waals surface area contributed by atoms with Gasteiger partial charge in [-0.2, -0.15) is 0 Å². The number of aryl methyl sites for hydroxylation is 2. The lowest BCUT2D eigenvalue weighted by molar-refractivity contribution is 0.0890. The lowest BCUT2D eigenvalue weighted by Crippen LogP contribution is -2.51. The van der Waals surface area contributed by atoms with Crippen molar-refractivity contribution < 1.29 is 4.79 Å². The summed E-state index contributed by atoms with van der Waals surface area (Å²) in [5, 5.41) is 4.12. The summed E-state index contributed by atoms with van der Waals surface area (Å²) in [5.41, 5.74) is 1.18. The summed E-state index contributed by atoms with van der Waals surface area (Å²) >= 11 is 5.17. The number of rotatable bonds is 3. The van der Waals surface area contributed by atoms with Gasteiger partial charge in [0.25, 0.3) is 5.91 Å². The summed E-state index contributed by atoms with van der Waals surface area (Å²) in [6.45, 7) is 4.13. The number of hydrogen-bond acceptors (Lipinski definition) is 2. The molecule has 1 saturated carbocycles. The fourth-order valence-electron chi connectivity index (χ4n) is 2.51. The summed E-state index contributed by atoms with van der Waals surface area (Å²) < 4.78 is 0. The second-order valence-corrected chi connectivity index (χ2v) is 7.10.